The average molecular weight is 559 g/mol. The quantitative estimate of drug-likeness (QED) is 0.274. The van der Waals surface area contributed by atoms with Crippen molar-refractivity contribution in [1.82, 2.24) is 15.4 Å². The molecule has 31 heavy (non-hydrogen) atoms. The van der Waals surface area contributed by atoms with Gasteiger partial charge in [0, 0.05) is 32.7 Å². The topological polar surface area (TPSA) is 95.1 Å². The summed E-state index contributed by atoms with van der Waals surface area (Å²) in [5, 5.41) is 6.76. The van der Waals surface area contributed by atoms with Gasteiger partial charge in [-0.05, 0) is 43.3 Å². The number of anilines is 1. The number of hydrogen-bond donors (Lipinski definition) is 3. The second-order valence-corrected chi connectivity index (χ2v) is 8.91. The number of nitrogens with one attached hydrogen (secondary N) is 3. The van der Waals surface area contributed by atoms with Crippen LogP contribution in [-0.2, 0) is 16.6 Å². The van der Waals surface area contributed by atoms with E-state index in [0.29, 0.717) is 12.5 Å². The molecule has 2 aromatic rings. The number of para-hydroxylation sites is 2. The predicted octanol–water partition coefficient (Wildman–Crippen LogP) is 2.17. The van der Waals surface area contributed by atoms with Crippen LogP contribution in [0.5, 0.6) is 5.75 Å². The largest absolute Gasteiger partial charge is 0.495 e. The molecular formula is C21H30IN5O3S. The molecule has 0 radical (unpaired) electrons. The fourth-order valence-corrected chi connectivity index (χ4v) is 4.20. The molecule has 10 heteroatoms. The van der Waals surface area contributed by atoms with Gasteiger partial charge in [-0.25, -0.2) is 13.1 Å². The molecule has 170 valence electrons. The van der Waals surface area contributed by atoms with Crippen LogP contribution in [0.1, 0.15) is 12.0 Å². The lowest BCUT2D eigenvalue weighted by atomic mass is 10.2. The van der Waals surface area contributed by atoms with E-state index in [9.17, 15) is 8.42 Å². The Labute approximate surface area is 201 Å². The number of guanidine groups is 1. The lowest BCUT2D eigenvalue weighted by Gasteiger charge is -2.22. The summed E-state index contributed by atoms with van der Waals surface area (Å²) in [5.74, 6) is 1.60. The van der Waals surface area contributed by atoms with Crippen molar-refractivity contribution in [2.75, 3.05) is 39.2 Å². The Morgan fingerprint density at radius 3 is 2.55 bits per heavy atom. The highest BCUT2D eigenvalue weighted by molar-refractivity contribution is 14.0. The van der Waals surface area contributed by atoms with Gasteiger partial charge in [0.15, 0.2) is 5.96 Å². The van der Waals surface area contributed by atoms with E-state index >= 15 is 0 Å². The van der Waals surface area contributed by atoms with E-state index in [4.69, 9.17) is 4.74 Å². The van der Waals surface area contributed by atoms with E-state index in [1.807, 2.05) is 18.2 Å². The normalized spacial score (nSPS) is 16.5. The minimum absolute atomic E-state index is 0. The Morgan fingerprint density at radius 1 is 1.19 bits per heavy atom. The van der Waals surface area contributed by atoms with Gasteiger partial charge in [0.1, 0.15) is 5.75 Å². The minimum atomic E-state index is -3.42. The van der Waals surface area contributed by atoms with Crippen molar-refractivity contribution in [2.45, 2.75) is 23.9 Å². The molecule has 1 heterocycles. The summed E-state index contributed by atoms with van der Waals surface area (Å²) in [6, 6.07) is 15.1. The van der Waals surface area contributed by atoms with Crippen molar-refractivity contribution in [2.24, 2.45) is 4.99 Å². The van der Waals surface area contributed by atoms with Crippen LogP contribution >= 0.6 is 24.0 Å². The molecule has 1 fully saturated rings. The molecule has 0 amide bonds. The van der Waals surface area contributed by atoms with Gasteiger partial charge in [-0.15, -0.1) is 24.0 Å². The molecule has 0 aromatic heterocycles. The highest BCUT2D eigenvalue weighted by Crippen LogP contribution is 2.30. The van der Waals surface area contributed by atoms with E-state index in [-0.39, 0.29) is 34.9 Å². The zero-order valence-electron chi connectivity index (χ0n) is 18.0. The first-order chi connectivity index (χ1) is 14.5. The smallest absolute Gasteiger partial charge is 0.240 e. The molecule has 1 atom stereocenters. The number of rotatable bonds is 7. The summed E-state index contributed by atoms with van der Waals surface area (Å²) < 4.78 is 31.4. The summed E-state index contributed by atoms with van der Waals surface area (Å²) in [5.41, 5.74) is 2.07. The maximum absolute atomic E-state index is 11.8. The summed E-state index contributed by atoms with van der Waals surface area (Å²) in [6.45, 7) is 2.34. The molecule has 1 saturated heterocycles. The SMILES string of the molecule is CN=C(NCc1ccc(S(=O)(=O)NC)cc1)NC1CCN(c2ccccc2OC)C1.I. The number of ether oxygens (including phenoxy) is 1. The third-order valence-corrected chi connectivity index (χ3v) is 6.57. The highest BCUT2D eigenvalue weighted by Gasteiger charge is 2.25. The second kappa shape index (κ2) is 11.5. The fraction of sp³-hybridized carbons (Fsp3) is 0.381. The van der Waals surface area contributed by atoms with Gasteiger partial charge in [-0.2, -0.15) is 0 Å². The van der Waals surface area contributed by atoms with Gasteiger partial charge in [-0.3, -0.25) is 4.99 Å². The second-order valence-electron chi connectivity index (χ2n) is 7.03. The molecule has 3 rings (SSSR count). The first kappa shape index (κ1) is 25.2. The van der Waals surface area contributed by atoms with E-state index in [2.05, 4.69) is 31.3 Å². The number of methoxy groups -OCH3 is 1. The standard InChI is InChI=1S/C21H29N5O3S.HI/c1-22-21(24-14-16-8-10-18(11-9-16)30(27,28)23-2)25-17-12-13-26(15-17)19-6-4-5-7-20(19)29-3;/h4-11,17,23H,12-15H2,1-3H3,(H2,22,24,25);1H. The van der Waals surface area contributed by atoms with Crippen LogP contribution in [-0.4, -0.2) is 54.7 Å². The van der Waals surface area contributed by atoms with Gasteiger partial charge >= 0.3 is 0 Å². The van der Waals surface area contributed by atoms with Crippen molar-refractivity contribution in [3.05, 3.63) is 54.1 Å². The monoisotopic (exact) mass is 559 g/mol. The van der Waals surface area contributed by atoms with Crippen molar-refractivity contribution >= 4 is 45.6 Å². The summed E-state index contributed by atoms with van der Waals surface area (Å²) >= 11 is 0. The molecule has 0 bridgehead atoms. The number of hydrogen-bond acceptors (Lipinski definition) is 5. The van der Waals surface area contributed by atoms with Crippen LogP contribution in [0.3, 0.4) is 0 Å². The molecule has 1 unspecified atom stereocenters. The van der Waals surface area contributed by atoms with Crippen LogP contribution in [0.2, 0.25) is 0 Å². The number of halogens is 1. The molecular weight excluding hydrogens is 529 g/mol. The van der Waals surface area contributed by atoms with Crippen LogP contribution in [0, 0.1) is 0 Å². The van der Waals surface area contributed by atoms with E-state index in [0.717, 1.165) is 36.5 Å². The Morgan fingerprint density at radius 2 is 1.90 bits per heavy atom. The van der Waals surface area contributed by atoms with Gasteiger partial charge in [-0.1, -0.05) is 24.3 Å². The minimum Gasteiger partial charge on any atom is -0.495 e. The highest BCUT2D eigenvalue weighted by atomic mass is 127. The van der Waals surface area contributed by atoms with Crippen molar-refractivity contribution in [3.8, 4) is 5.75 Å². The van der Waals surface area contributed by atoms with Gasteiger partial charge < -0.3 is 20.3 Å². The zero-order chi connectivity index (χ0) is 21.6. The molecule has 1 aliphatic rings. The first-order valence-corrected chi connectivity index (χ1v) is 11.3. The number of sulfonamides is 1. The van der Waals surface area contributed by atoms with Gasteiger partial charge in [0.25, 0.3) is 0 Å². The maximum atomic E-state index is 11.8. The summed E-state index contributed by atoms with van der Waals surface area (Å²) in [7, 11) is 1.41. The molecule has 3 N–H and O–H groups in total. The third-order valence-electron chi connectivity index (χ3n) is 5.14. The Balaban J connectivity index is 0.00000341. The lowest BCUT2D eigenvalue weighted by Crippen LogP contribution is -2.44. The van der Waals surface area contributed by atoms with E-state index < -0.39 is 10.0 Å². The van der Waals surface area contributed by atoms with Crippen molar-refractivity contribution < 1.29 is 13.2 Å². The van der Waals surface area contributed by atoms with Crippen molar-refractivity contribution in [3.63, 3.8) is 0 Å². The molecule has 0 spiro atoms. The summed E-state index contributed by atoms with van der Waals surface area (Å²) in [6.07, 6.45) is 0.995. The summed E-state index contributed by atoms with van der Waals surface area (Å²) in [4.78, 5) is 6.87. The van der Waals surface area contributed by atoms with Crippen molar-refractivity contribution in [1.29, 1.82) is 0 Å². The van der Waals surface area contributed by atoms with Crippen LogP contribution in [0.4, 0.5) is 5.69 Å². The average Bonchev–Trinajstić information content (AvgIpc) is 3.25. The Kier molecular flexibility index (Phi) is 9.38. The maximum Gasteiger partial charge on any atom is 0.240 e. The fourth-order valence-electron chi connectivity index (χ4n) is 3.47. The lowest BCUT2D eigenvalue weighted by molar-refractivity contribution is 0.415. The van der Waals surface area contributed by atoms with Crippen LogP contribution in [0.15, 0.2) is 58.4 Å². The Bertz CT molecular complexity index is 983. The molecule has 0 saturated carbocycles. The van der Waals surface area contributed by atoms with E-state index in [1.165, 1.54) is 7.05 Å². The zero-order valence-corrected chi connectivity index (χ0v) is 21.1. The number of aliphatic imine (C=N–C) groups is 1. The number of benzene rings is 2. The molecule has 8 nitrogen and oxygen atoms in total. The number of nitrogens with zero attached hydrogens (tertiary/aromatic N) is 2. The van der Waals surface area contributed by atoms with E-state index in [1.54, 1.807) is 38.4 Å². The predicted molar refractivity (Wildman–Crippen MR) is 135 cm³/mol. The third kappa shape index (κ3) is 6.47. The molecule has 2 aromatic carbocycles. The van der Waals surface area contributed by atoms with Crippen LogP contribution < -0.4 is 25.0 Å². The Hall–Kier alpha value is -2.05. The van der Waals surface area contributed by atoms with Gasteiger partial charge in [0.05, 0.1) is 17.7 Å². The van der Waals surface area contributed by atoms with Gasteiger partial charge in [0.2, 0.25) is 10.0 Å². The molecule has 0 aliphatic carbocycles. The van der Waals surface area contributed by atoms with Crippen LogP contribution in [0.25, 0.3) is 0 Å². The molecule has 1 aliphatic heterocycles. The first-order valence-electron chi connectivity index (χ1n) is 9.84.